The van der Waals surface area contributed by atoms with Crippen LogP contribution >= 0.6 is 0 Å². The predicted molar refractivity (Wildman–Crippen MR) is 93.0 cm³/mol. The van der Waals surface area contributed by atoms with E-state index >= 15 is 0 Å². The molecule has 3 aromatic rings. The van der Waals surface area contributed by atoms with Crippen LogP contribution in [0.3, 0.4) is 0 Å². The first kappa shape index (κ1) is 17.0. The molecule has 2 N–H and O–H groups in total. The number of nitro groups is 1. The van der Waals surface area contributed by atoms with E-state index in [9.17, 15) is 19.3 Å². The third-order valence-corrected chi connectivity index (χ3v) is 4.48. The predicted octanol–water partition coefficient (Wildman–Crippen LogP) is 2.77. The van der Waals surface area contributed by atoms with E-state index in [1.165, 1.54) is 35.2 Å². The molecule has 1 aliphatic rings. The first-order chi connectivity index (χ1) is 13.0. The van der Waals surface area contributed by atoms with Crippen LogP contribution in [0.25, 0.3) is 11.0 Å². The Hall–Kier alpha value is -3.40. The van der Waals surface area contributed by atoms with Crippen LogP contribution in [0, 0.1) is 15.9 Å². The van der Waals surface area contributed by atoms with Gasteiger partial charge in [-0.2, -0.15) is 0 Å². The van der Waals surface area contributed by atoms with Gasteiger partial charge in [0.2, 0.25) is 11.4 Å². The fourth-order valence-electron chi connectivity index (χ4n) is 3.11. The Kier molecular flexibility index (Phi) is 4.04. The van der Waals surface area contributed by atoms with Gasteiger partial charge in [-0.15, -0.1) is 0 Å². The second-order valence-electron chi connectivity index (χ2n) is 6.23. The molecule has 1 saturated carbocycles. The summed E-state index contributed by atoms with van der Waals surface area (Å²) < 4.78 is 18.5. The van der Waals surface area contributed by atoms with Gasteiger partial charge in [0, 0.05) is 6.07 Å². The lowest BCUT2D eigenvalue weighted by molar-refractivity contribution is -0.383. The highest BCUT2D eigenvalue weighted by Crippen LogP contribution is 2.46. The van der Waals surface area contributed by atoms with Gasteiger partial charge in [-0.1, -0.05) is 0 Å². The number of nitro benzene ring substituents is 1. The van der Waals surface area contributed by atoms with Crippen LogP contribution in [0.4, 0.5) is 21.5 Å². The van der Waals surface area contributed by atoms with Crippen molar-refractivity contribution >= 4 is 34.0 Å². The number of carbonyl (C=O) groups is 1. The van der Waals surface area contributed by atoms with E-state index in [1.807, 2.05) is 0 Å². The summed E-state index contributed by atoms with van der Waals surface area (Å²) in [6.45, 7) is -0.314. The molecule has 1 fully saturated rings. The van der Waals surface area contributed by atoms with Gasteiger partial charge < -0.3 is 5.73 Å². The van der Waals surface area contributed by atoms with E-state index in [0.717, 1.165) is 12.8 Å². The number of nitrogens with zero attached hydrogens (tertiary/aromatic N) is 4. The zero-order valence-corrected chi connectivity index (χ0v) is 14.0. The van der Waals surface area contributed by atoms with Crippen molar-refractivity contribution in [2.24, 2.45) is 5.73 Å². The summed E-state index contributed by atoms with van der Waals surface area (Å²) >= 11 is 0. The van der Waals surface area contributed by atoms with E-state index in [4.69, 9.17) is 5.73 Å². The normalized spacial score (nSPS) is 13.7. The van der Waals surface area contributed by atoms with Crippen LogP contribution in [0.15, 0.2) is 35.0 Å². The molecule has 1 amide bonds. The molecule has 0 saturated heterocycles. The SMILES string of the molecule is NCC(=O)N(c1ccc(F)cc1C1CC1)c1ccc([N+](=O)[O-])c2nonc12. The van der Waals surface area contributed by atoms with Gasteiger partial charge in [0.05, 0.1) is 22.8 Å². The average Bonchev–Trinajstić information content (AvgIpc) is 3.38. The van der Waals surface area contributed by atoms with E-state index < -0.39 is 16.6 Å². The zero-order chi connectivity index (χ0) is 19.1. The van der Waals surface area contributed by atoms with Crippen LogP contribution in [-0.4, -0.2) is 27.7 Å². The van der Waals surface area contributed by atoms with Gasteiger partial charge in [-0.25, -0.2) is 9.02 Å². The number of non-ortho nitro benzene ring substituents is 1. The van der Waals surface area contributed by atoms with Crippen LogP contribution < -0.4 is 10.6 Å². The van der Waals surface area contributed by atoms with Crippen molar-refractivity contribution < 1.29 is 18.7 Å². The number of aromatic nitrogens is 2. The van der Waals surface area contributed by atoms with Crippen molar-refractivity contribution in [2.45, 2.75) is 18.8 Å². The summed E-state index contributed by atoms with van der Waals surface area (Å²) in [7, 11) is 0. The smallest absolute Gasteiger partial charge is 0.300 e. The van der Waals surface area contributed by atoms with Crippen LogP contribution in [-0.2, 0) is 4.79 Å². The third kappa shape index (κ3) is 2.89. The van der Waals surface area contributed by atoms with Crippen LogP contribution in [0.2, 0.25) is 0 Å². The lowest BCUT2D eigenvalue weighted by Crippen LogP contribution is -2.33. The molecule has 1 aromatic heterocycles. The summed E-state index contributed by atoms with van der Waals surface area (Å²) in [5.41, 5.74) is 6.64. The minimum atomic E-state index is -0.612. The minimum Gasteiger partial charge on any atom is -0.322 e. The maximum Gasteiger partial charge on any atom is 0.300 e. The highest BCUT2D eigenvalue weighted by molar-refractivity contribution is 6.09. The molecule has 0 bridgehead atoms. The van der Waals surface area contributed by atoms with E-state index in [-0.39, 0.29) is 34.9 Å². The number of carbonyl (C=O) groups excluding carboxylic acids is 1. The second-order valence-corrected chi connectivity index (χ2v) is 6.23. The molecular weight excluding hydrogens is 357 g/mol. The maximum absolute atomic E-state index is 13.8. The van der Waals surface area contributed by atoms with Crippen molar-refractivity contribution in [1.82, 2.24) is 10.3 Å². The molecule has 27 heavy (non-hydrogen) atoms. The van der Waals surface area contributed by atoms with Crippen LogP contribution in [0.5, 0.6) is 0 Å². The summed E-state index contributed by atoms with van der Waals surface area (Å²) in [6.07, 6.45) is 1.78. The monoisotopic (exact) mass is 371 g/mol. The van der Waals surface area contributed by atoms with Crippen molar-refractivity contribution in [3.63, 3.8) is 0 Å². The zero-order valence-electron chi connectivity index (χ0n) is 14.0. The number of halogens is 1. The first-order valence-electron chi connectivity index (χ1n) is 8.23. The summed E-state index contributed by atoms with van der Waals surface area (Å²) in [5, 5.41) is 18.5. The molecule has 0 atom stereocenters. The quantitative estimate of drug-likeness (QED) is 0.539. The van der Waals surface area contributed by atoms with Gasteiger partial charge in [0.1, 0.15) is 5.82 Å². The van der Waals surface area contributed by atoms with Gasteiger partial charge >= 0.3 is 5.69 Å². The number of nitrogens with two attached hydrogens (primary N) is 1. The van der Waals surface area contributed by atoms with E-state index in [1.54, 1.807) is 0 Å². The van der Waals surface area contributed by atoms with Crippen molar-refractivity contribution in [2.75, 3.05) is 11.4 Å². The Morgan fingerprint density at radius 1 is 1.26 bits per heavy atom. The van der Waals surface area contributed by atoms with E-state index in [2.05, 4.69) is 14.9 Å². The lowest BCUT2D eigenvalue weighted by atomic mass is 10.1. The number of rotatable bonds is 5. The topological polar surface area (TPSA) is 128 Å². The molecule has 1 heterocycles. The molecule has 2 aromatic carbocycles. The molecule has 0 aliphatic heterocycles. The number of benzene rings is 2. The maximum atomic E-state index is 13.8. The van der Waals surface area contributed by atoms with Gasteiger partial charge in [0.25, 0.3) is 0 Å². The lowest BCUT2D eigenvalue weighted by Gasteiger charge is -2.25. The summed E-state index contributed by atoms with van der Waals surface area (Å²) in [5.74, 6) is -0.729. The molecule has 1 aliphatic carbocycles. The number of hydrogen-bond acceptors (Lipinski definition) is 7. The Balaban J connectivity index is 1.95. The molecule has 0 spiro atoms. The molecule has 4 rings (SSSR count). The first-order valence-corrected chi connectivity index (χ1v) is 8.23. The standard InChI is InChI=1S/C17H14FN5O4/c18-10-3-4-12(11(7-10)9-1-2-9)22(15(24)8-19)13-5-6-14(23(25)26)17-16(13)20-27-21-17/h3-7,9H,1-2,8,19H2. The largest absolute Gasteiger partial charge is 0.322 e. The van der Waals surface area contributed by atoms with Gasteiger partial charge in [-0.05, 0) is 58.9 Å². The molecule has 0 radical (unpaired) electrons. The minimum absolute atomic E-state index is 0.0528. The molecule has 9 nitrogen and oxygen atoms in total. The second kappa shape index (κ2) is 6.40. The molecule has 0 unspecified atom stereocenters. The summed E-state index contributed by atoms with van der Waals surface area (Å²) in [6, 6.07) is 6.75. The molecule has 10 heteroatoms. The van der Waals surface area contributed by atoms with Gasteiger partial charge in [0.15, 0.2) is 5.52 Å². The molecular formula is C17H14FN5O4. The van der Waals surface area contributed by atoms with Crippen molar-refractivity contribution in [3.8, 4) is 0 Å². The Morgan fingerprint density at radius 2 is 1.96 bits per heavy atom. The fourth-order valence-corrected chi connectivity index (χ4v) is 3.11. The number of amides is 1. The number of fused-ring (bicyclic) bond motifs is 1. The Labute approximate surface area is 151 Å². The van der Waals surface area contributed by atoms with Crippen molar-refractivity contribution in [3.05, 3.63) is 51.8 Å². The van der Waals surface area contributed by atoms with Gasteiger partial charge in [-0.3, -0.25) is 19.8 Å². The van der Waals surface area contributed by atoms with E-state index in [0.29, 0.717) is 11.3 Å². The molecule has 138 valence electrons. The third-order valence-electron chi connectivity index (χ3n) is 4.48. The number of hydrogen-bond donors (Lipinski definition) is 1. The Morgan fingerprint density at radius 3 is 2.63 bits per heavy atom. The highest BCUT2D eigenvalue weighted by Gasteiger charge is 2.32. The van der Waals surface area contributed by atoms with Crippen molar-refractivity contribution in [1.29, 1.82) is 0 Å². The highest BCUT2D eigenvalue weighted by atomic mass is 19.1. The number of anilines is 2. The Bertz CT molecular complexity index is 1060. The average molecular weight is 371 g/mol. The summed E-state index contributed by atoms with van der Waals surface area (Å²) in [4.78, 5) is 24.6. The fraction of sp³-hybridized carbons (Fsp3) is 0.235. The van der Waals surface area contributed by atoms with Crippen LogP contribution in [0.1, 0.15) is 24.3 Å².